The normalized spacial score (nSPS) is 24.9. The smallest absolute Gasteiger partial charge is 0.484 e. The van der Waals surface area contributed by atoms with E-state index in [4.69, 9.17) is 16.3 Å². The van der Waals surface area contributed by atoms with Crippen molar-refractivity contribution in [2.24, 2.45) is 11.3 Å². The summed E-state index contributed by atoms with van der Waals surface area (Å²) in [7, 11) is 0. The van der Waals surface area contributed by atoms with Crippen LogP contribution < -0.4 is 20.1 Å². The second kappa shape index (κ2) is 10.4. The van der Waals surface area contributed by atoms with Crippen molar-refractivity contribution in [1.29, 1.82) is 0 Å². The molecule has 3 fully saturated rings. The van der Waals surface area contributed by atoms with Gasteiger partial charge in [-0.1, -0.05) is 30.7 Å². The van der Waals surface area contributed by atoms with Crippen LogP contribution in [0.4, 0.5) is 17.6 Å². The van der Waals surface area contributed by atoms with Crippen molar-refractivity contribution in [1.82, 2.24) is 10.6 Å². The van der Waals surface area contributed by atoms with Crippen LogP contribution in [0.1, 0.15) is 44.6 Å². The summed E-state index contributed by atoms with van der Waals surface area (Å²) in [5, 5.41) is 5.98. The van der Waals surface area contributed by atoms with Gasteiger partial charge in [-0.15, -0.1) is 13.2 Å². The number of alkyl halides is 3. The Balaban J connectivity index is 1.29. The van der Waals surface area contributed by atoms with E-state index in [1.54, 1.807) is 0 Å². The molecule has 11 heteroatoms. The highest BCUT2D eigenvalue weighted by atomic mass is 35.5. The Hall–Kier alpha value is -3.01. The molecule has 2 aromatic rings. The van der Waals surface area contributed by atoms with Crippen LogP contribution in [0.25, 0.3) is 0 Å². The zero-order valence-electron chi connectivity index (χ0n) is 20.1. The lowest BCUT2D eigenvalue weighted by Crippen LogP contribution is -2.63. The molecule has 3 saturated carbocycles. The number of amides is 2. The maximum Gasteiger partial charge on any atom is 0.573 e. The number of benzene rings is 2. The highest BCUT2D eigenvalue weighted by molar-refractivity contribution is 6.30. The molecule has 0 radical (unpaired) electrons. The predicted molar refractivity (Wildman–Crippen MR) is 127 cm³/mol. The minimum absolute atomic E-state index is 0.00383. The highest BCUT2D eigenvalue weighted by Gasteiger charge is 2.56. The lowest BCUT2D eigenvalue weighted by Gasteiger charge is -2.56. The Labute approximate surface area is 216 Å². The van der Waals surface area contributed by atoms with Crippen LogP contribution in [0.2, 0.25) is 5.02 Å². The van der Waals surface area contributed by atoms with Crippen molar-refractivity contribution in [2.75, 3.05) is 6.61 Å². The van der Waals surface area contributed by atoms with Gasteiger partial charge in [-0.05, 0) is 67.9 Å². The quantitative estimate of drug-likeness (QED) is 0.430. The van der Waals surface area contributed by atoms with Crippen molar-refractivity contribution in [2.45, 2.75) is 57.5 Å². The lowest BCUT2D eigenvalue weighted by molar-refractivity contribution is -0.274. The molecule has 0 aliphatic heterocycles. The number of rotatable bonds is 8. The summed E-state index contributed by atoms with van der Waals surface area (Å²) in [6.07, 6.45) is -1.66. The summed E-state index contributed by atoms with van der Waals surface area (Å²) >= 11 is 5.66. The molecule has 1 atom stereocenters. The van der Waals surface area contributed by atoms with Crippen LogP contribution in [0.15, 0.2) is 42.5 Å². The molecule has 0 spiro atoms. The van der Waals surface area contributed by atoms with E-state index in [9.17, 15) is 27.2 Å². The largest absolute Gasteiger partial charge is 0.573 e. The molecule has 5 rings (SSSR count). The topological polar surface area (TPSA) is 76.7 Å². The Morgan fingerprint density at radius 2 is 1.70 bits per heavy atom. The van der Waals surface area contributed by atoms with E-state index >= 15 is 0 Å². The summed E-state index contributed by atoms with van der Waals surface area (Å²) in [4.78, 5) is 25.8. The Kier molecular flexibility index (Phi) is 7.60. The monoisotopic (exact) mass is 542 g/mol. The molecule has 2 N–H and O–H groups in total. The maximum absolute atomic E-state index is 13.6. The fourth-order valence-electron chi connectivity index (χ4n) is 5.49. The van der Waals surface area contributed by atoms with Crippen molar-refractivity contribution < 1.29 is 36.6 Å². The molecule has 0 saturated heterocycles. The van der Waals surface area contributed by atoms with Gasteiger partial charge in [0.2, 0.25) is 5.91 Å². The molecule has 2 bridgehead atoms. The number of carbonyl (C=O) groups is 2. The van der Waals surface area contributed by atoms with E-state index in [0.29, 0.717) is 37.7 Å². The van der Waals surface area contributed by atoms with Crippen LogP contribution in [0, 0.1) is 17.2 Å². The molecule has 3 aliphatic rings. The SMILES string of the molecule is CC1CC2(NC(=O)COc3ccc(Cl)c(F)c3)CCC1(C(=O)NCc1ccc(OC(F)(F)F)cc1)CC2. The molecule has 2 amide bonds. The van der Waals surface area contributed by atoms with Gasteiger partial charge in [0.1, 0.15) is 17.3 Å². The van der Waals surface area contributed by atoms with Gasteiger partial charge in [-0.25, -0.2) is 4.39 Å². The molecule has 6 nitrogen and oxygen atoms in total. The number of hydrogen-bond donors (Lipinski definition) is 2. The molecule has 0 aromatic heterocycles. The third kappa shape index (κ3) is 6.29. The summed E-state index contributed by atoms with van der Waals surface area (Å²) in [5.74, 6) is -1.16. The first-order valence-electron chi connectivity index (χ1n) is 11.9. The van der Waals surface area contributed by atoms with Crippen molar-refractivity contribution in [3.8, 4) is 11.5 Å². The van der Waals surface area contributed by atoms with Crippen LogP contribution >= 0.6 is 11.6 Å². The van der Waals surface area contributed by atoms with E-state index in [1.165, 1.54) is 36.4 Å². The van der Waals surface area contributed by atoms with Crippen LogP contribution in [0.3, 0.4) is 0 Å². The van der Waals surface area contributed by atoms with E-state index in [2.05, 4.69) is 15.4 Å². The van der Waals surface area contributed by atoms with Crippen molar-refractivity contribution >= 4 is 23.4 Å². The summed E-state index contributed by atoms with van der Waals surface area (Å²) < 4.78 is 59.8. The van der Waals surface area contributed by atoms with Gasteiger partial charge in [0.05, 0.1) is 10.4 Å². The fourth-order valence-corrected chi connectivity index (χ4v) is 5.61. The summed E-state index contributed by atoms with van der Waals surface area (Å²) in [5.41, 5.74) is -0.342. The summed E-state index contributed by atoms with van der Waals surface area (Å²) in [6, 6.07) is 9.33. The number of fused-ring (bicyclic) bond motifs is 3. The molecule has 2 aromatic carbocycles. The van der Waals surface area contributed by atoms with Gasteiger partial charge in [-0.2, -0.15) is 0 Å². The Morgan fingerprint density at radius 1 is 1.05 bits per heavy atom. The number of hydrogen-bond acceptors (Lipinski definition) is 4. The number of nitrogens with one attached hydrogen (secondary N) is 2. The van der Waals surface area contributed by atoms with Crippen molar-refractivity contribution in [3.05, 3.63) is 58.9 Å². The molecule has 1 unspecified atom stereocenters. The third-order valence-electron chi connectivity index (χ3n) is 7.47. The van der Waals surface area contributed by atoms with Gasteiger partial charge in [-0.3, -0.25) is 9.59 Å². The zero-order valence-corrected chi connectivity index (χ0v) is 20.8. The van der Waals surface area contributed by atoms with Gasteiger partial charge in [0.25, 0.3) is 5.91 Å². The second-order valence-electron chi connectivity index (χ2n) is 9.83. The van der Waals surface area contributed by atoms with Gasteiger partial charge < -0.3 is 20.1 Å². The molecule has 200 valence electrons. The van der Waals surface area contributed by atoms with Gasteiger partial charge >= 0.3 is 6.36 Å². The lowest BCUT2D eigenvalue weighted by atomic mass is 9.52. The Morgan fingerprint density at radius 3 is 2.30 bits per heavy atom. The number of ether oxygens (including phenoxy) is 2. The average Bonchev–Trinajstić information content (AvgIpc) is 2.83. The number of halogens is 5. The van der Waals surface area contributed by atoms with E-state index in [1.807, 2.05) is 6.92 Å². The van der Waals surface area contributed by atoms with Crippen LogP contribution in [-0.4, -0.2) is 30.3 Å². The minimum Gasteiger partial charge on any atom is -0.484 e. The molecular formula is C26H27ClF4N2O4. The standard InChI is InChI=1S/C26H27ClF4N2O4/c1-16-13-24(33-22(34)15-36-19-6-7-20(27)21(28)12-19)8-10-25(16,11-9-24)23(35)32-14-17-2-4-18(5-3-17)37-26(29,30)31/h2-7,12,16H,8-11,13-15H2,1H3,(H,32,35)(H,33,34). The molecular weight excluding hydrogens is 516 g/mol. The summed E-state index contributed by atoms with van der Waals surface area (Å²) in [6.45, 7) is 1.91. The first kappa shape index (κ1) is 27.0. The minimum atomic E-state index is -4.76. The second-order valence-corrected chi connectivity index (χ2v) is 10.2. The number of carbonyl (C=O) groups excluding carboxylic acids is 2. The first-order valence-corrected chi connectivity index (χ1v) is 12.3. The first-order chi connectivity index (χ1) is 17.4. The van der Waals surface area contributed by atoms with Crippen molar-refractivity contribution in [3.63, 3.8) is 0 Å². The van der Waals surface area contributed by atoms with Gasteiger partial charge in [0, 0.05) is 18.2 Å². The molecule has 0 heterocycles. The van der Waals surface area contributed by atoms with E-state index < -0.39 is 23.1 Å². The Bertz CT molecular complexity index is 1150. The highest BCUT2D eigenvalue weighted by Crippen LogP contribution is 2.55. The van der Waals surface area contributed by atoms with E-state index in [-0.39, 0.29) is 47.4 Å². The zero-order chi connectivity index (χ0) is 26.8. The molecule has 3 aliphatic carbocycles. The molecule has 37 heavy (non-hydrogen) atoms. The van der Waals surface area contributed by atoms with E-state index in [0.717, 1.165) is 6.07 Å². The predicted octanol–water partition coefficient (Wildman–Crippen LogP) is 5.53. The van der Waals surface area contributed by atoms with Crippen LogP contribution in [0.5, 0.6) is 11.5 Å². The maximum atomic E-state index is 13.6. The third-order valence-corrected chi connectivity index (χ3v) is 7.77. The van der Waals surface area contributed by atoms with Gasteiger partial charge in [0.15, 0.2) is 6.61 Å². The van der Waals surface area contributed by atoms with Crippen LogP contribution in [-0.2, 0) is 16.1 Å². The fraction of sp³-hybridized carbons (Fsp3) is 0.462. The average molecular weight is 543 g/mol.